The Bertz CT molecular complexity index is 480. The van der Waals surface area contributed by atoms with Gasteiger partial charge < -0.3 is 5.73 Å². The number of hydrogen-bond donors (Lipinski definition) is 1. The molecular weight excluding hydrogens is 234 g/mol. The van der Waals surface area contributed by atoms with Crippen LogP contribution < -0.4 is 5.73 Å². The lowest BCUT2D eigenvalue weighted by Crippen LogP contribution is -2.34. The Morgan fingerprint density at radius 3 is 2.68 bits per heavy atom. The van der Waals surface area contributed by atoms with E-state index in [4.69, 9.17) is 5.73 Å². The van der Waals surface area contributed by atoms with Crippen molar-refractivity contribution in [2.75, 3.05) is 0 Å². The molecule has 0 spiro atoms. The van der Waals surface area contributed by atoms with Crippen molar-refractivity contribution < 1.29 is 4.79 Å². The summed E-state index contributed by atoms with van der Waals surface area (Å²) in [6.07, 6.45) is 9.06. The normalized spacial score (nSPS) is 26.8. The number of ketones is 1. The maximum Gasteiger partial charge on any atom is 0.167 e. The van der Waals surface area contributed by atoms with Crippen molar-refractivity contribution in [1.29, 1.82) is 0 Å². The highest BCUT2D eigenvalue weighted by molar-refractivity contribution is 5.98. The van der Waals surface area contributed by atoms with Crippen LogP contribution in [0.15, 0.2) is 18.2 Å². The van der Waals surface area contributed by atoms with E-state index in [0.29, 0.717) is 0 Å². The predicted molar refractivity (Wildman–Crippen MR) is 77.3 cm³/mol. The fourth-order valence-corrected chi connectivity index (χ4v) is 3.60. The average molecular weight is 257 g/mol. The highest BCUT2D eigenvalue weighted by Gasteiger charge is 2.28. The number of nitrogens with two attached hydrogens (primary N) is 1. The Morgan fingerprint density at radius 1 is 1.00 bits per heavy atom. The molecule has 0 bridgehead atoms. The molecule has 2 atom stereocenters. The molecule has 1 fully saturated rings. The Kier molecular flexibility index (Phi) is 3.69. The van der Waals surface area contributed by atoms with Crippen LogP contribution >= 0.6 is 0 Å². The van der Waals surface area contributed by atoms with E-state index in [1.54, 1.807) is 0 Å². The third kappa shape index (κ3) is 2.59. The molecule has 2 aliphatic rings. The summed E-state index contributed by atoms with van der Waals surface area (Å²) in [5.41, 5.74) is 9.92. The molecule has 0 amide bonds. The SMILES string of the molecule is NC1CCCCCC1C(=O)c1ccc2c(c1)CCC2. The van der Waals surface area contributed by atoms with Gasteiger partial charge in [0.1, 0.15) is 0 Å². The highest BCUT2D eigenvalue weighted by atomic mass is 16.1. The summed E-state index contributed by atoms with van der Waals surface area (Å²) < 4.78 is 0. The maximum absolute atomic E-state index is 12.7. The van der Waals surface area contributed by atoms with Gasteiger partial charge in [-0.05, 0) is 49.3 Å². The number of aryl methyl sites for hydroxylation is 2. The summed E-state index contributed by atoms with van der Waals surface area (Å²) in [7, 11) is 0. The van der Waals surface area contributed by atoms with E-state index < -0.39 is 0 Å². The molecule has 19 heavy (non-hydrogen) atoms. The second kappa shape index (κ2) is 5.46. The van der Waals surface area contributed by atoms with Gasteiger partial charge in [-0.15, -0.1) is 0 Å². The molecule has 3 rings (SSSR count). The zero-order valence-electron chi connectivity index (χ0n) is 11.5. The molecule has 0 saturated heterocycles. The molecule has 2 N–H and O–H groups in total. The molecule has 0 aromatic heterocycles. The summed E-state index contributed by atoms with van der Waals surface area (Å²) in [6, 6.07) is 6.35. The van der Waals surface area contributed by atoms with E-state index in [0.717, 1.165) is 31.2 Å². The third-order valence-corrected chi connectivity index (χ3v) is 4.79. The zero-order valence-corrected chi connectivity index (χ0v) is 11.5. The number of hydrogen-bond acceptors (Lipinski definition) is 2. The molecular formula is C17H23NO. The quantitative estimate of drug-likeness (QED) is 0.652. The van der Waals surface area contributed by atoms with Gasteiger partial charge in [-0.2, -0.15) is 0 Å². The van der Waals surface area contributed by atoms with Crippen molar-refractivity contribution in [3.05, 3.63) is 34.9 Å². The fraction of sp³-hybridized carbons (Fsp3) is 0.588. The smallest absolute Gasteiger partial charge is 0.167 e. The van der Waals surface area contributed by atoms with Gasteiger partial charge in [0.15, 0.2) is 5.78 Å². The Labute approximate surface area is 115 Å². The number of carbonyl (C=O) groups is 1. The molecule has 2 aliphatic carbocycles. The first kappa shape index (κ1) is 12.9. The van der Waals surface area contributed by atoms with E-state index in [1.807, 2.05) is 6.07 Å². The Balaban J connectivity index is 1.82. The van der Waals surface area contributed by atoms with Gasteiger partial charge in [0.2, 0.25) is 0 Å². The predicted octanol–water partition coefficient (Wildman–Crippen LogP) is 3.27. The average Bonchev–Trinajstić information content (AvgIpc) is 2.79. The van der Waals surface area contributed by atoms with Crippen molar-refractivity contribution in [2.45, 2.75) is 57.4 Å². The number of Topliss-reactive ketones (excluding diaryl/α,β-unsaturated/α-hetero) is 1. The minimum atomic E-state index is 0.0435. The third-order valence-electron chi connectivity index (χ3n) is 4.79. The molecule has 2 unspecified atom stereocenters. The Morgan fingerprint density at radius 2 is 1.79 bits per heavy atom. The van der Waals surface area contributed by atoms with Crippen LogP contribution in [-0.4, -0.2) is 11.8 Å². The molecule has 0 radical (unpaired) electrons. The molecule has 2 nitrogen and oxygen atoms in total. The lowest BCUT2D eigenvalue weighted by Gasteiger charge is -2.20. The standard InChI is InChI=1S/C17H23NO/c18-16-8-3-1-2-7-15(16)17(19)14-10-9-12-5-4-6-13(12)11-14/h9-11,15-16H,1-8,18H2. The van der Waals surface area contributed by atoms with E-state index in [9.17, 15) is 4.79 Å². The first-order valence-electron chi connectivity index (χ1n) is 7.67. The van der Waals surface area contributed by atoms with Crippen molar-refractivity contribution in [3.8, 4) is 0 Å². The number of fused-ring (bicyclic) bond motifs is 1. The molecule has 1 saturated carbocycles. The molecule has 1 aromatic rings. The minimum absolute atomic E-state index is 0.0435. The second-order valence-electron chi connectivity index (χ2n) is 6.11. The maximum atomic E-state index is 12.7. The Hall–Kier alpha value is -1.15. The summed E-state index contributed by atoms with van der Waals surface area (Å²) in [4.78, 5) is 12.7. The van der Waals surface area contributed by atoms with Crippen LogP contribution in [-0.2, 0) is 12.8 Å². The van der Waals surface area contributed by atoms with E-state index in [1.165, 1.54) is 36.8 Å². The van der Waals surface area contributed by atoms with E-state index in [-0.39, 0.29) is 17.7 Å². The monoisotopic (exact) mass is 257 g/mol. The first-order chi connectivity index (χ1) is 9.25. The van der Waals surface area contributed by atoms with Crippen LogP contribution in [0.5, 0.6) is 0 Å². The molecule has 0 heterocycles. The summed E-state index contributed by atoms with van der Waals surface area (Å²) in [5, 5.41) is 0. The summed E-state index contributed by atoms with van der Waals surface area (Å²) >= 11 is 0. The van der Waals surface area contributed by atoms with Gasteiger partial charge in [-0.25, -0.2) is 0 Å². The van der Waals surface area contributed by atoms with Gasteiger partial charge in [0, 0.05) is 17.5 Å². The highest BCUT2D eigenvalue weighted by Crippen LogP contribution is 2.28. The van der Waals surface area contributed by atoms with Crippen LogP contribution in [0, 0.1) is 5.92 Å². The van der Waals surface area contributed by atoms with Gasteiger partial charge in [0.05, 0.1) is 0 Å². The van der Waals surface area contributed by atoms with Crippen LogP contribution in [0.2, 0.25) is 0 Å². The molecule has 102 valence electrons. The molecule has 2 heteroatoms. The lowest BCUT2D eigenvalue weighted by atomic mass is 9.87. The van der Waals surface area contributed by atoms with Gasteiger partial charge in [-0.1, -0.05) is 31.4 Å². The van der Waals surface area contributed by atoms with Crippen LogP contribution in [0.25, 0.3) is 0 Å². The topological polar surface area (TPSA) is 43.1 Å². The van der Waals surface area contributed by atoms with Crippen LogP contribution in [0.1, 0.15) is 60.0 Å². The van der Waals surface area contributed by atoms with Gasteiger partial charge in [0.25, 0.3) is 0 Å². The molecule has 0 aliphatic heterocycles. The minimum Gasteiger partial charge on any atom is -0.327 e. The first-order valence-corrected chi connectivity index (χ1v) is 7.67. The summed E-state index contributed by atoms with van der Waals surface area (Å²) in [6.45, 7) is 0. The number of rotatable bonds is 2. The molecule has 1 aromatic carbocycles. The largest absolute Gasteiger partial charge is 0.327 e. The van der Waals surface area contributed by atoms with Crippen molar-refractivity contribution in [3.63, 3.8) is 0 Å². The fourth-order valence-electron chi connectivity index (χ4n) is 3.60. The van der Waals surface area contributed by atoms with E-state index >= 15 is 0 Å². The van der Waals surface area contributed by atoms with E-state index in [2.05, 4.69) is 12.1 Å². The lowest BCUT2D eigenvalue weighted by molar-refractivity contribution is 0.0894. The number of carbonyl (C=O) groups excluding carboxylic acids is 1. The summed E-state index contributed by atoms with van der Waals surface area (Å²) in [5.74, 6) is 0.325. The zero-order chi connectivity index (χ0) is 13.2. The second-order valence-corrected chi connectivity index (χ2v) is 6.11. The van der Waals surface area contributed by atoms with Crippen LogP contribution in [0.3, 0.4) is 0 Å². The number of benzene rings is 1. The van der Waals surface area contributed by atoms with Crippen molar-refractivity contribution in [1.82, 2.24) is 0 Å². The van der Waals surface area contributed by atoms with Crippen LogP contribution in [0.4, 0.5) is 0 Å². The van der Waals surface area contributed by atoms with Crippen molar-refractivity contribution >= 4 is 5.78 Å². The van der Waals surface area contributed by atoms with Gasteiger partial charge >= 0.3 is 0 Å². The van der Waals surface area contributed by atoms with Crippen molar-refractivity contribution in [2.24, 2.45) is 11.7 Å². The van der Waals surface area contributed by atoms with Gasteiger partial charge in [-0.3, -0.25) is 4.79 Å².